The lowest BCUT2D eigenvalue weighted by atomic mass is 9.95. The van der Waals surface area contributed by atoms with Crippen LogP contribution in [0.1, 0.15) is 13.3 Å². The maximum Gasteiger partial charge on any atom is 0.226 e. The van der Waals surface area contributed by atoms with Crippen LogP contribution in [0.2, 0.25) is 5.02 Å². The Hall–Kier alpha value is -2.58. The molecule has 140 valence electrons. The SMILES string of the molecule is C[C@@H]1CN(c2ncc3ncnc(Nc4ccc(F)c(Cl)c4)c3n2)CC[C@@H]1N. The van der Waals surface area contributed by atoms with Crippen molar-refractivity contribution in [2.45, 2.75) is 19.4 Å². The van der Waals surface area contributed by atoms with Crippen LogP contribution in [0.5, 0.6) is 0 Å². The molecule has 27 heavy (non-hydrogen) atoms. The van der Waals surface area contributed by atoms with Crippen LogP contribution in [0.25, 0.3) is 11.0 Å². The molecule has 2 atom stereocenters. The molecule has 1 aliphatic heterocycles. The van der Waals surface area contributed by atoms with Crippen molar-refractivity contribution < 1.29 is 4.39 Å². The van der Waals surface area contributed by atoms with Crippen LogP contribution in [0.4, 0.5) is 21.8 Å². The second kappa shape index (κ2) is 7.21. The van der Waals surface area contributed by atoms with Gasteiger partial charge >= 0.3 is 0 Å². The van der Waals surface area contributed by atoms with Gasteiger partial charge in [-0.3, -0.25) is 0 Å². The van der Waals surface area contributed by atoms with Crippen LogP contribution in [-0.2, 0) is 0 Å². The van der Waals surface area contributed by atoms with E-state index in [0.717, 1.165) is 19.5 Å². The Morgan fingerprint density at radius 3 is 2.93 bits per heavy atom. The summed E-state index contributed by atoms with van der Waals surface area (Å²) in [5, 5.41) is 3.16. The molecular formula is C18H19ClFN7. The zero-order valence-corrected chi connectivity index (χ0v) is 15.5. The van der Waals surface area contributed by atoms with E-state index in [1.54, 1.807) is 12.3 Å². The van der Waals surface area contributed by atoms with Gasteiger partial charge < -0.3 is 16.0 Å². The number of nitrogens with one attached hydrogen (secondary N) is 1. The first-order chi connectivity index (χ1) is 13.0. The zero-order valence-electron chi connectivity index (χ0n) is 14.7. The fourth-order valence-electron chi connectivity index (χ4n) is 3.14. The summed E-state index contributed by atoms with van der Waals surface area (Å²) in [6, 6.07) is 4.59. The highest BCUT2D eigenvalue weighted by atomic mass is 35.5. The Morgan fingerprint density at radius 2 is 2.15 bits per heavy atom. The molecule has 1 aliphatic rings. The summed E-state index contributed by atoms with van der Waals surface area (Å²) in [5.41, 5.74) is 7.92. The van der Waals surface area contributed by atoms with Crippen LogP contribution in [0.3, 0.4) is 0 Å². The molecule has 0 bridgehead atoms. The summed E-state index contributed by atoms with van der Waals surface area (Å²) in [6.07, 6.45) is 4.01. The Labute approximate surface area is 160 Å². The van der Waals surface area contributed by atoms with Crippen molar-refractivity contribution in [3.05, 3.63) is 41.6 Å². The molecule has 0 saturated carbocycles. The molecule has 9 heteroatoms. The van der Waals surface area contributed by atoms with Gasteiger partial charge in [-0.2, -0.15) is 0 Å². The molecule has 3 heterocycles. The standard InChI is InChI=1S/C18H19ClFN7/c1-10-8-27(5-4-14(10)21)18-22-7-15-16(26-18)17(24-9-23-15)25-11-2-3-13(20)12(19)6-11/h2-3,6-7,9-10,14H,4-5,8,21H2,1H3,(H,23,24,25)/t10-,14+/m1/s1. The quantitative estimate of drug-likeness (QED) is 0.713. The molecule has 1 fully saturated rings. The number of hydrogen-bond donors (Lipinski definition) is 2. The monoisotopic (exact) mass is 387 g/mol. The Kier molecular flexibility index (Phi) is 4.75. The summed E-state index contributed by atoms with van der Waals surface area (Å²) >= 11 is 5.86. The van der Waals surface area contributed by atoms with Gasteiger partial charge in [-0.25, -0.2) is 24.3 Å². The normalized spacial score (nSPS) is 20.1. The number of anilines is 3. The van der Waals surface area contributed by atoms with E-state index in [1.165, 1.54) is 18.5 Å². The smallest absolute Gasteiger partial charge is 0.226 e. The molecule has 3 aromatic rings. The number of piperidine rings is 1. The van der Waals surface area contributed by atoms with Crippen molar-refractivity contribution >= 4 is 40.1 Å². The van der Waals surface area contributed by atoms with Gasteiger partial charge in [0.25, 0.3) is 0 Å². The predicted molar refractivity (Wildman–Crippen MR) is 104 cm³/mol. The third-order valence-electron chi connectivity index (χ3n) is 4.80. The number of halogens is 2. The lowest BCUT2D eigenvalue weighted by Gasteiger charge is -2.35. The van der Waals surface area contributed by atoms with E-state index < -0.39 is 5.82 Å². The molecule has 3 N–H and O–H groups in total. The van der Waals surface area contributed by atoms with Gasteiger partial charge in [0.15, 0.2) is 5.82 Å². The van der Waals surface area contributed by atoms with E-state index in [9.17, 15) is 4.39 Å². The average Bonchev–Trinajstić information content (AvgIpc) is 2.67. The number of nitrogens with two attached hydrogens (primary N) is 1. The van der Waals surface area contributed by atoms with Gasteiger partial charge in [-0.1, -0.05) is 18.5 Å². The zero-order chi connectivity index (χ0) is 19.0. The minimum Gasteiger partial charge on any atom is -0.340 e. The number of aromatic nitrogens is 4. The third kappa shape index (κ3) is 3.63. The predicted octanol–water partition coefficient (Wildman–Crippen LogP) is 3.13. The Bertz CT molecular complexity index is 983. The van der Waals surface area contributed by atoms with E-state index in [4.69, 9.17) is 17.3 Å². The van der Waals surface area contributed by atoms with Gasteiger partial charge in [-0.05, 0) is 30.5 Å². The number of hydrogen-bond acceptors (Lipinski definition) is 7. The molecule has 0 amide bonds. The first kappa shape index (κ1) is 17.8. The molecule has 2 aromatic heterocycles. The second-order valence-electron chi connectivity index (χ2n) is 6.76. The van der Waals surface area contributed by atoms with Crippen molar-refractivity contribution in [1.29, 1.82) is 0 Å². The molecule has 0 unspecified atom stereocenters. The van der Waals surface area contributed by atoms with Crippen molar-refractivity contribution in [2.75, 3.05) is 23.3 Å². The maximum atomic E-state index is 13.4. The highest BCUT2D eigenvalue weighted by molar-refractivity contribution is 6.31. The second-order valence-corrected chi connectivity index (χ2v) is 7.16. The molecule has 0 spiro atoms. The van der Waals surface area contributed by atoms with Crippen LogP contribution in [0.15, 0.2) is 30.7 Å². The maximum absolute atomic E-state index is 13.4. The topological polar surface area (TPSA) is 92.9 Å². The van der Waals surface area contributed by atoms with E-state index in [1.807, 2.05) is 0 Å². The number of nitrogens with zero attached hydrogens (tertiary/aromatic N) is 5. The van der Waals surface area contributed by atoms with E-state index in [-0.39, 0.29) is 11.1 Å². The van der Waals surface area contributed by atoms with Gasteiger partial charge in [0.05, 0.1) is 11.2 Å². The number of benzene rings is 1. The van der Waals surface area contributed by atoms with Crippen LogP contribution >= 0.6 is 11.6 Å². The minimum atomic E-state index is -0.475. The van der Waals surface area contributed by atoms with Gasteiger partial charge in [0, 0.05) is 24.8 Å². The molecule has 0 radical (unpaired) electrons. The lowest BCUT2D eigenvalue weighted by molar-refractivity contribution is 0.380. The number of rotatable bonds is 3. The van der Waals surface area contributed by atoms with Crippen LogP contribution < -0.4 is 16.0 Å². The van der Waals surface area contributed by atoms with Crippen molar-refractivity contribution in [1.82, 2.24) is 19.9 Å². The summed E-state index contributed by atoms with van der Waals surface area (Å²) < 4.78 is 13.4. The first-order valence-corrected chi connectivity index (χ1v) is 9.09. The summed E-state index contributed by atoms with van der Waals surface area (Å²) in [5.74, 6) is 1.02. The molecule has 0 aliphatic carbocycles. The van der Waals surface area contributed by atoms with Crippen LogP contribution in [-0.4, -0.2) is 39.1 Å². The van der Waals surface area contributed by atoms with E-state index in [2.05, 4.69) is 37.1 Å². The van der Waals surface area contributed by atoms with E-state index >= 15 is 0 Å². The largest absolute Gasteiger partial charge is 0.340 e. The molecule has 1 saturated heterocycles. The molecule has 4 rings (SSSR count). The Balaban J connectivity index is 1.68. The van der Waals surface area contributed by atoms with Gasteiger partial charge in [-0.15, -0.1) is 0 Å². The first-order valence-electron chi connectivity index (χ1n) is 8.71. The van der Waals surface area contributed by atoms with Gasteiger partial charge in [0.1, 0.15) is 23.2 Å². The fourth-order valence-corrected chi connectivity index (χ4v) is 3.33. The van der Waals surface area contributed by atoms with Crippen molar-refractivity contribution in [3.63, 3.8) is 0 Å². The molecule has 7 nitrogen and oxygen atoms in total. The lowest BCUT2D eigenvalue weighted by Crippen LogP contribution is -2.46. The van der Waals surface area contributed by atoms with Crippen molar-refractivity contribution in [3.8, 4) is 0 Å². The molecule has 1 aromatic carbocycles. The van der Waals surface area contributed by atoms with Crippen molar-refractivity contribution in [2.24, 2.45) is 11.7 Å². The average molecular weight is 388 g/mol. The summed E-state index contributed by atoms with van der Waals surface area (Å²) in [4.78, 5) is 19.8. The fraction of sp³-hybridized carbons (Fsp3) is 0.333. The highest BCUT2D eigenvalue weighted by Crippen LogP contribution is 2.26. The van der Waals surface area contributed by atoms with Crippen LogP contribution in [0, 0.1) is 11.7 Å². The summed E-state index contributed by atoms with van der Waals surface area (Å²) in [6.45, 7) is 3.74. The third-order valence-corrected chi connectivity index (χ3v) is 5.09. The molecular weight excluding hydrogens is 369 g/mol. The van der Waals surface area contributed by atoms with Gasteiger partial charge in [0.2, 0.25) is 5.95 Å². The Morgan fingerprint density at radius 1 is 1.30 bits per heavy atom. The minimum absolute atomic E-state index is 0.0346. The number of fused-ring (bicyclic) bond motifs is 1. The summed E-state index contributed by atoms with van der Waals surface area (Å²) in [7, 11) is 0. The highest BCUT2D eigenvalue weighted by Gasteiger charge is 2.25. The van der Waals surface area contributed by atoms with E-state index in [0.29, 0.717) is 34.4 Å².